The zero-order valence-electron chi connectivity index (χ0n) is 12.7. The molecule has 0 N–H and O–H groups in total. The van der Waals surface area contributed by atoms with Crippen LogP contribution in [-0.2, 0) is 20.7 Å². The lowest BCUT2D eigenvalue weighted by molar-refractivity contribution is -0.138. The van der Waals surface area contributed by atoms with Crippen molar-refractivity contribution in [2.45, 2.75) is 19.3 Å². The fourth-order valence-corrected chi connectivity index (χ4v) is 2.49. The summed E-state index contributed by atoms with van der Waals surface area (Å²) >= 11 is 0. The first-order valence-corrected chi connectivity index (χ1v) is 7.32. The lowest BCUT2D eigenvalue weighted by Gasteiger charge is -2.27. The minimum atomic E-state index is -0.360. The number of amides is 1. The summed E-state index contributed by atoms with van der Waals surface area (Å²) in [6.45, 7) is 1.83. The molecule has 1 aliphatic rings. The molecule has 0 saturated carbocycles. The second-order valence-corrected chi connectivity index (χ2v) is 5.11. The molecule has 0 radical (unpaired) electrons. The number of aldehydes is 1. The quantitative estimate of drug-likeness (QED) is 0.556. The summed E-state index contributed by atoms with van der Waals surface area (Å²) < 4.78 is 4.66. The molecule has 0 atom stereocenters. The Balaban J connectivity index is 1.92. The van der Waals surface area contributed by atoms with Crippen LogP contribution in [0.5, 0.6) is 0 Å². The smallest absolute Gasteiger partial charge is 0.337 e. The van der Waals surface area contributed by atoms with Gasteiger partial charge in [-0.2, -0.15) is 0 Å². The van der Waals surface area contributed by atoms with E-state index in [1.165, 1.54) is 7.11 Å². The third-order valence-corrected chi connectivity index (χ3v) is 3.71. The van der Waals surface area contributed by atoms with E-state index in [-0.39, 0.29) is 11.9 Å². The predicted molar refractivity (Wildman–Crippen MR) is 80.1 cm³/mol. The highest BCUT2D eigenvalue weighted by atomic mass is 16.5. The van der Waals surface area contributed by atoms with Gasteiger partial charge in [-0.3, -0.25) is 9.80 Å². The molecular formula is C16H20N2O4. The van der Waals surface area contributed by atoms with Crippen LogP contribution in [0.2, 0.25) is 0 Å². The van der Waals surface area contributed by atoms with E-state index in [1.807, 2.05) is 17.1 Å². The molecule has 1 heterocycles. The summed E-state index contributed by atoms with van der Waals surface area (Å²) in [6, 6.07) is 7.17. The second-order valence-electron chi connectivity index (χ2n) is 5.11. The number of hydrazine groups is 1. The van der Waals surface area contributed by atoms with Crippen LogP contribution in [0.15, 0.2) is 24.3 Å². The molecule has 1 aliphatic heterocycles. The maximum Gasteiger partial charge on any atom is 0.337 e. The van der Waals surface area contributed by atoms with Crippen LogP contribution < -0.4 is 0 Å². The van der Waals surface area contributed by atoms with Crippen molar-refractivity contribution >= 4 is 18.2 Å². The summed E-state index contributed by atoms with van der Waals surface area (Å²) in [5.41, 5.74) is 1.55. The highest BCUT2D eigenvalue weighted by Gasteiger charge is 2.27. The molecule has 1 fully saturated rings. The van der Waals surface area contributed by atoms with Gasteiger partial charge in [0.1, 0.15) is 6.29 Å². The summed E-state index contributed by atoms with van der Waals surface area (Å²) in [7, 11) is 1.35. The molecule has 22 heavy (non-hydrogen) atoms. The second kappa shape index (κ2) is 7.70. The minimum Gasteiger partial charge on any atom is -0.465 e. The number of hydrogen-bond donors (Lipinski definition) is 0. The van der Waals surface area contributed by atoms with Gasteiger partial charge in [-0.15, -0.1) is 0 Å². The molecule has 1 aromatic carbocycles. The van der Waals surface area contributed by atoms with Crippen molar-refractivity contribution in [1.82, 2.24) is 10.0 Å². The zero-order valence-corrected chi connectivity index (χ0v) is 12.7. The predicted octanol–water partition coefficient (Wildman–Crippen LogP) is 1.05. The third-order valence-electron chi connectivity index (χ3n) is 3.71. The first-order valence-electron chi connectivity index (χ1n) is 7.32. The normalized spacial score (nSPS) is 15.1. The Morgan fingerprint density at radius 1 is 1.27 bits per heavy atom. The Morgan fingerprint density at radius 3 is 2.64 bits per heavy atom. The average Bonchev–Trinajstić information content (AvgIpc) is 2.90. The number of rotatable bonds is 7. The van der Waals surface area contributed by atoms with Crippen LogP contribution in [0.4, 0.5) is 0 Å². The lowest BCUT2D eigenvalue weighted by atomic mass is 10.1. The summed E-state index contributed by atoms with van der Waals surface area (Å²) in [5.74, 6) is -0.265. The van der Waals surface area contributed by atoms with Crippen molar-refractivity contribution in [2.75, 3.05) is 26.7 Å². The van der Waals surface area contributed by atoms with Crippen LogP contribution >= 0.6 is 0 Å². The van der Waals surface area contributed by atoms with Gasteiger partial charge in [-0.1, -0.05) is 12.1 Å². The molecule has 1 saturated heterocycles. The van der Waals surface area contributed by atoms with E-state index in [0.717, 1.165) is 11.8 Å². The zero-order chi connectivity index (χ0) is 15.9. The fraction of sp³-hybridized carbons (Fsp3) is 0.438. The van der Waals surface area contributed by atoms with Gasteiger partial charge in [-0.25, -0.2) is 9.80 Å². The molecule has 0 spiro atoms. The highest BCUT2D eigenvalue weighted by Crippen LogP contribution is 2.14. The van der Waals surface area contributed by atoms with Gasteiger partial charge in [0.25, 0.3) is 0 Å². The molecule has 0 aliphatic carbocycles. The molecule has 0 bridgehead atoms. The van der Waals surface area contributed by atoms with Gasteiger partial charge in [0.05, 0.1) is 12.7 Å². The van der Waals surface area contributed by atoms with Gasteiger partial charge >= 0.3 is 5.97 Å². The maximum atomic E-state index is 11.9. The van der Waals surface area contributed by atoms with E-state index < -0.39 is 0 Å². The van der Waals surface area contributed by atoms with Gasteiger partial charge in [0, 0.05) is 32.5 Å². The molecule has 1 amide bonds. The fourth-order valence-electron chi connectivity index (χ4n) is 2.49. The third kappa shape index (κ3) is 3.92. The van der Waals surface area contributed by atoms with Gasteiger partial charge in [0.2, 0.25) is 5.91 Å². The Kier molecular flexibility index (Phi) is 5.66. The number of hydrogen-bond acceptors (Lipinski definition) is 5. The Morgan fingerprint density at radius 2 is 2.00 bits per heavy atom. The van der Waals surface area contributed by atoms with E-state index in [4.69, 9.17) is 0 Å². The van der Waals surface area contributed by atoms with Crippen molar-refractivity contribution in [1.29, 1.82) is 0 Å². The van der Waals surface area contributed by atoms with Gasteiger partial charge in [-0.05, 0) is 24.1 Å². The van der Waals surface area contributed by atoms with E-state index in [0.29, 0.717) is 44.5 Å². The Hall–Kier alpha value is -2.21. The molecule has 6 nitrogen and oxygen atoms in total. The highest BCUT2D eigenvalue weighted by molar-refractivity contribution is 5.89. The summed E-state index contributed by atoms with van der Waals surface area (Å²) in [6.07, 6.45) is 2.50. The van der Waals surface area contributed by atoms with Crippen LogP contribution in [0.25, 0.3) is 0 Å². The first-order chi connectivity index (χ1) is 10.7. The first kappa shape index (κ1) is 16.2. The SMILES string of the molecule is COC(=O)c1ccc(CCN2C(=O)CCN2CCC=O)cc1. The van der Waals surface area contributed by atoms with Crippen LogP contribution in [0.1, 0.15) is 28.8 Å². The number of ether oxygens (including phenoxy) is 1. The molecule has 118 valence electrons. The van der Waals surface area contributed by atoms with Crippen molar-refractivity contribution in [2.24, 2.45) is 0 Å². The van der Waals surface area contributed by atoms with E-state index in [2.05, 4.69) is 4.74 Å². The summed E-state index contributed by atoms with van der Waals surface area (Å²) in [4.78, 5) is 33.7. The van der Waals surface area contributed by atoms with E-state index >= 15 is 0 Å². The van der Waals surface area contributed by atoms with Crippen LogP contribution in [0, 0.1) is 0 Å². The van der Waals surface area contributed by atoms with Crippen molar-refractivity contribution < 1.29 is 19.1 Å². The monoisotopic (exact) mass is 304 g/mol. The van der Waals surface area contributed by atoms with E-state index in [1.54, 1.807) is 17.1 Å². The van der Waals surface area contributed by atoms with Crippen molar-refractivity contribution in [3.63, 3.8) is 0 Å². The number of carbonyl (C=O) groups excluding carboxylic acids is 3. The Labute approximate surface area is 129 Å². The molecule has 2 rings (SSSR count). The number of nitrogens with zero attached hydrogens (tertiary/aromatic N) is 2. The van der Waals surface area contributed by atoms with Crippen molar-refractivity contribution in [3.05, 3.63) is 35.4 Å². The van der Waals surface area contributed by atoms with E-state index in [9.17, 15) is 14.4 Å². The minimum absolute atomic E-state index is 0.0945. The van der Waals surface area contributed by atoms with Crippen LogP contribution in [0.3, 0.4) is 0 Å². The number of methoxy groups -OCH3 is 1. The largest absolute Gasteiger partial charge is 0.465 e. The average molecular weight is 304 g/mol. The number of esters is 1. The number of benzene rings is 1. The Bertz CT molecular complexity index is 542. The molecular weight excluding hydrogens is 284 g/mol. The molecule has 0 aromatic heterocycles. The summed E-state index contributed by atoms with van der Waals surface area (Å²) in [5, 5.41) is 3.65. The standard InChI is InChI=1S/C16H20N2O4/c1-22-16(21)14-5-3-13(4-6-14)7-11-18-15(20)8-10-17(18)9-2-12-19/h3-6,12H,2,7-11H2,1H3. The van der Waals surface area contributed by atoms with Crippen LogP contribution in [-0.4, -0.2) is 54.9 Å². The molecule has 0 unspecified atom stereocenters. The maximum absolute atomic E-state index is 11.9. The van der Waals surface area contributed by atoms with Gasteiger partial charge < -0.3 is 9.53 Å². The van der Waals surface area contributed by atoms with Crippen molar-refractivity contribution in [3.8, 4) is 0 Å². The number of carbonyl (C=O) groups is 3. The van der Waals surface area contributed by atoms with Gasteiger partial charge in [0.15, 0.2) is 0 Å². The topological polar surface area (TPSA) is 66.9 Å². The molecule has 1 aromatic rings. The lowest BCUT2D eigenvalue weighted by Crippen LogP contribution is -2.41. The molecule has 6 heteroatoms.